The van der Waals surface area contributed by atoms with Crippen molar-refractivity contribution in [3.05, 3.63) is 69.5 Å². The summed E-state index contributed by atoms with van der Waals surface area (Å²) < 4.78 is 11.6. The zero-order valence-electron chi connectivity index (χ0n) is 16.2. The molecule has 2 heterocycles. The van der Waals surface area contributed by atoms with Crippen molar-refractivity contribution in [2.75, 3.05) is 14.2 Å². The van der Waals surface area contributed by atoms with Crippen molar-refractivity contribution in [3.8, 4) is 11.5 Å². The van der Waals surface area contributed by atoms with E-state index in [-0.39, 0.29) is 0 Å². The summed E-state index contributed by atoms with van der Waals surface area (Å²) in [4.78, 5) is 5.62. The van der Waals surface area contributed by atoms with Crippen LogP contribution in [0.2, 0.25) is 0 Å². The van der Waals surface area contributed by atoms with Gasteiger partial charge < -0.3 is 9.47 Å². The van der Waals surface area contributed by atoms with Gasteiger partial charge in [-0.2, -0.15) is 0 Å². The fourth-order valence-electron chi connectivity index (χ4n) is 3.15. The Morgan fingerprint density at radius 2 is 0.929 bits per heavy atom. The molecule has 2 aliphatic heterocycles. The lowest BCUT2D eigenvalue weighted by Gasteiger charge is -2.16. The lowest BCUT2D eigenvalue weighted by atomic mass is 10.2. The van der Waals surface area contributed by atoms with Crippen LogP contribution in [0.15, 0.2) is 58.3 Å². The molecular weight excluding hydrogens is 425 g/mol. The number of hydrogen-bond acceptors (Lipinski definition) is 6. The van der Waals surface area contributed by atoms with E-state index in [0.717, 1.165) is 11.5 Å². The molecule has 2 atom stereocenters. The first-order valence-electron chi connectivity index (χ1n) is 8.96. The Kier molecular flexibility index (Phi) is 6.30. The van der Waals surface area contributed by atoms with E-state index < -0.39 is 0 Å². The summed E-state index contributed by atoms with van der Waals surface area (Å²) in [6.45, 7) is 4.48. The maximum absolute atomic E-state index is 5.29. The molecule has 2 aromatic rings. The molecule has 6 heteroatoms. The van der Waals surface area contributed by atoms with Gasteiger partial charge in [0.2, 0.25) is 0 Å². The standard InChI is InChI=1S/C22H22O2S4/c1-13-19(15-5-9-17(23-3)10-6-15)27-21(25-13)22-26-14(2)20(28-22)16-7-11-18(24-4)12-8-16/h5-12,21-22H,1-4H3. The molecule has 2 aromatic carbocycles. The third-order valence-electron chi connectivity index (χ3n) is 4.62. The molecule has 146 valence electrons. The van der Waals surface area contributed by atoms with Crippen LogP contribution in [0, 0.1) is 0 Å². The molecule has 0 saturated carbocycles. The van der Waals surface area contributed by atoms with E-state index in [1.807, 2.05) is 71.3 Å². The summed E-state index contributed by atoms with van der Waals surface area (Å²) in [5, 5.41) is 0. The lowest BCUT2D eigenvalue weighted by Crippen LogP contribution is -2.07. The molecule has 0 amide bonds. The summed E-state index contributed by atoms with van der Waals surface area (Å²) in [7, 11) is 3.42. The number of methoxy groups -OCH3 is 2. The Balaban J connectivity index is 1.45. The molecule has 0 aliphatic carbocycles. The molecule has 0 N–H and O–H groups in total. The quantitative estimate of drug-likeness (QED) is 0.473. The SMILES string of the molecule is COc1ccc(C2=C(C)SC(C3SC(C)=C(c4ccc(OC)cc4)S3)S2)cc1. The molecule has 0 spiro atoms. The van der Waals surface area contributed by atoms with Crippen LogP contribution >= 0.6 is 47.0 Å². The lowest BCUT2D eigenvalue weighted by molar-refractivity contribution is 0.414. The predicted octanol–water partition coefficient (Wildman–Crippen LogP) is 7.39. The zero-order chi connectivity index (χ0) is 19.7. The zero-order valence-corrected chi connectivity index (χ0v) is 19.5. The largest absolute Gasteiger partial charge is 0.497 e. The van der Waals surface area contributed by atoms with Crippen LogP contribution in [0.25, 0.3) is 9.81 Å². The van der Waals surface area contributed by atoms with Gasteiger partial charge in [0.15, 0.2) is 0 Å². The van der Waals surface area contributed by atoms with E-state index in [9.17, 15) is 0 Å². The highest BCUT2D eigenvalue weighted by Crippen LogP contribution is 2.61. The van der Waals surface area contributed by atoms with E-state index in [4.69, 9.17) is 9.47 Å². The van der Waals surface area contributed by atoms with Crippen molar-refractivity contribution >= 4 is 56.9 Å². The second-order valence-corrected chi connectivity index (χ2v) is 12.0. The number of ether oxygens (including phenoxy) is 2. The molecule has 2 unspecified atom stereocenters. The highest BCUT2D eigenvalue weighted by Gasteiger charge is 2.36. The maximum Gasteiger partial charge on any atom is 0.118 e. The van der Waals surface area contributed by atoms with Crippen molar-refractivity contribution in [1.29, 1.82) is 0 Å². The minimum Gasteiger partial charge on any atom is -0.497 e. The first kappa shape index (κ1) is 20.2. The van der Waals surface area contributed by atoms with E-state index in [1.165, 1.54) is 30.7 Å². The van der Waals surface area contributed by atoms with Gasteiger partial charge >= 0.3 is 0 Å². The van der Waals surface area contributed by atoms with Gasteiger partial charge in [0.05, 0.1) is 23.4 Å². The van der Waals surface area contributed by atoms with Gasteiger partial charge in [0.25, 0.3) is 0 Å². The molecule has 0 radical (unpaired) electrons. The average molecular weight is 447 g/mol. The maximum atomic E-state index is 5.29. The Bertz CT molecular complexity index is 839. The van der Waals surface area contributed by atoms with Crippen LogP contribution in [0.4, 0.5) is 0 Å². The summed E-state index contributed by atoms with van der Waals surface area (Å²) in [6, 6.07) is 16.8. The summed E-state index contributed by atoms with van der Waals surface area (Å²) in [6.07, 6.45) is 0. The second-order valence-electron chi connectivity index (χ2n) is 6.44. The van der Waals surface area contributed by atoms with Crippen molar-refractivity contribution in [1.82, 2.24) is 0 Å². The highest BCUT2D eigenvalue weighted by atomic mass is 32.2. The number of benzene rings is 2. The molecule has 28 heavy (non-hydrogen) atoms. The number of thioether (sulfide) groups is 4. The predicted molar refractivity (Wildman–Crippen MR) is 129 cm³/mol. The first-order valence-corrected chi connectivity index (χ1v) is 12.5. The number of rotatable bonds is 5. The van der Waals surface area contributed by atoms with E-state index in [2.05, 4.69) is 38.1 Å². The van der Waals surface area contributed by atoms with Gasteiger partial charge in [0, 0.05) is 9.81 Å². The Labute approximate surface area is 183 Å². The van der Waals surface area contributed by atoms with Crippen LogP contribution in [-0.4, -0.2) is 23.4 Å². The molecule has 0 saturated heterocycles. The normalized spacial score (nSPS) is 22.1. The van der Waals surface area contributed by atoms with Gasteiger partial charge in [-0.15, -0.1) is 47.0 Å². The van der Waals surface area contributed by atoms with Gasteiger partial charge in [-0.3, -0.25) is 0 Å². The molecule has 0 fully saturated rings. The van der Waals surface area contributed by atoms with E-state index in [0.29, 0.717) is 9.16 Å². The van der Waals surface area contributed by atoms with Gasteiger partial charge in [-0.05, 0) is 59.1 Å². The third-order valence-corrected chi connectivity index (χ3v) is 11.4. The fourth-order valence-corrected chi connectivity index (χ4v) is 9.82. The monoisotopic (exact) mass is 446 g/mol. The van der Waals surface area contributed by atoms with Crippen LogP contribution in [-0.2, 0) is 0 Å². The van der Waals surface area contributed by atoms with Crippen LogP contribution in [0.5, 0.6) is 11.5 Å². The Hall–Kier alpha value is -1.08. The van der Waals surface area contributed by atoms with Crippen molar-refractivity contribution in [3.63, 3.8) is 0 Å². The molecule has 0 bridgehead atoms. The first-order chi connectivity index (χ1) is 13.6. The fraction of sp³-hybridized carbons (Fsp3) is 0.273. The summed E-state index contributed by atoms with van der Waals surface area (Å²) >= 11 is 8.01. The summed E-state index contributed by atoms with van der Waals surface area (Å²) in [5.74, 6) is 1.81. The molecule has 0 aromatic heterocycles. The van der Waals surface area contributed by atoms with Crippen LogP contribution < -0.4 is 9.47 Å². The number of allylic oxidation sites excluding steroid dienone is 2. The van der Waals surface area contributed by atoms with Gasteiger partial charge in [0.1, 0.15) is 11.5 Å². The van der Waals surface area contributed by atoms with E-state index >= 15 is 0 Å². The van der Waals surface area contributed by atoms with Crippen molar-refractivity contribution < 1.29 is 9.47 Å². The third kappa shape index (κ3) is 4.11. The second kappa shape index (κ2) is 8.74. The van der Waals surface area contributed by atoms with Gasteiger partial charge in [-0.25, -0.2) is 0 Å². The van der Waals surface area contributed by atoms with E-state index in [1.54, 1.807) is 14.2 Å². The Morgan fingerprint density at radius 3 is 1.25 bits per heavy atom. The Morgan fingerprint density at radius 1 is 0.571 bits per heavy atom. The number of hydrogen-bond donors (Lipinski definition) is 0. The van der Waals surface area contributed by atoms with Crippen LogP contribution in [0.1, 0.15) is 25.0 Å². The molecule has 2 nitrogen and oxygen atoms in total. The van der Waals surface area contributed by atoms with Crippen LogP contribution in [0.3, 0.4) is 0 Å². The van der Waals surface area contributed by atoms with Gasteiger partial charge in [-0.1, -0.05) is 24.3 Å². The van der Waals surface area contributed by atoms with Crippen molar-refractivity contribution in [2.45, 2.75) is 23.0 Å². The molecule has 4 rings (SSSR count). The molecular formula is C22H22O2S4. The minimum absolute atomic E-state index is 0.512. The smallest absolute Gasteiger partial charge is 0.118 e. The molecule has 2 aliphatic rings. The minimum atomic E-state index is 0.512. The average Bonchev–Trinajstić information content (AvgIpc) is 3.31. The topological polar surface area (TPSA) is 18.5 Å². The highest BCUT2D eigenvalue weighted by molar-refractivity contribution is 8.32. The summed E-state index contributed by atoms with van der Waals surface area (Å²) in [5.41, 5.74) is 2.57. The van der Waals surface area contributed by atoms with Crippen molar-refractivity contribution in [2.24, 2.45) is 0 Å².